The highest BCUT2D eigenvalue weighted by molar-refractivity contribution is 6.38. The maximum atomic E-state index is 11.1. The van der Waals surface area contributed by atoms with Crippen molar-refractivity contribution < 1.29 is 4.79 Å². The van der Waals surface area contributed by atoms with Gasteiger partial charge < -0.3 is 10.3 Å². The maximum Gasteiger partial charge on any atom is 0.264 e. The largest absolute Gasteiger partial charge is 0.365 e. The summed E-state index contributed by atoms with van der Waals surface area (Å²) in [5.41, 5.74) is 8.01. The predicted molar refractivity (Wildman–Crippen MR) is 61.3 cm³/mol. The van der Waals surface area contributed by atoms with Gasteiger partial charge in [0.15, 0.2) is 0 Å². The van der Waals surface area contributed by atoms with Gasteiger partial charge in [0.2, 0.25) is 0 Å². The van der Waals surface area contributed by atoms with E-state index in [0.717, 1.165) is 24.4 Å². The molecule has 0 saturated carbocycles. The molecule has 0 radical (unpaired) electrons. The van der Waals surface area contributed by atoms with Gasteiger partial charge in [0, 0.05) is 5.69 Å². The molecule has 1 aliphatic rings. The Labute approximate surface area is 94.4 Å². The van der Waals surface area contributed by atoms with E-state index >= 15 is 0 Å². The molecule has 0 fully saturated rings. The molecule has 0 aromatic carbocycles. The molecule has 2 N–H and O–H groups in total. The van der Waals surface area contributed by atoms with Gasteiger partial charge in [-0.25, -0.2) is 4.98 Å². The van der Waals surface area contributed by atoms with Crippen LogP contribution < -0.4 is 5.73 Å². The summed E-state index contributed by atoms with van der Waals surface area (Å²) >= 11 is 0. The van der Waals surface area contributed by atoms with Crippen molar-refractivity contribution >= 4 is 11.6 Å². The minimum atomic E-state index is -0.431. The third kappa shape index (κ3) is 1.62. The first-order valence-electron chi connectivity index (χ1n) is 5.57. The molecule has 0 spiro atoms. The third-order valence-electron chi connectivity index (χ3n) is 2.91. The van der Waals surface area contributed by atoms with E-state index in [1.54, 1.807) is 0 Å². The normalized spacial score (nSPS) is 14.5. The fourth-order valence-corrected chi connectivity index (χ4v) is 2.10. The summed E-state index contributed by atoms with van der Waals surface area (Å²) in [5.74, 6) is 0.512. The van der Waals surface area contributed by atoms with Gasteiger partial charge in [-0.2, -0.15) is 0 Å². The van der Waals surface area contributed by atoms with E-state index < -0.39 is 5.91 Å². The quantitative estimate of drug-likeness (QED) is 0.803. The van der Waals surface area contributed by atoms with Gasteiger partial charge in [-0.1, -0.05) is 13.8 Å². The van der Waals surface area contributed by atoms with Gasteiger partial charge in [-0.15, -0.1) is 0 Å². The molecular formula is C11H16N4O. The minimum Gasteiger partial charge on any atom is -0.365 e. The van der Waals surface area contributed by atoms with Crippen molar-refractivity contribution in [3.8, 4) is 0 Å². The fraction of sp³-hybridized carbons (Fsp3) is 0.545. The number of fused-ring (bicyclic) bond motifs is 1. The number of aliphatic imine (C=N–C) groups is 1. The summed E-state index contributed by atoms with van der Waals surface area (Å²) in [6, 6.07) is 0. The third-order valence-corrected chi connectivity index (χ3v) is 2.91. The Morgan fingerprint density at radius 3 is 2.75 bits per heavy atom. The summed E-state index contributed by atoms with van der Waals surface area (Å²) in [4.78, 5) is 19.8. The molecule has 0 unspecified atom stereocenters. The smallest absolute Gasteiger partial charge is 0.264 e. The molecule has 0 atom stereocenters. The number of amides is 1. The molecule has 2 rings (SSSR count). The van der Waals surface area contributed by atoms with E-state index in [4.69, 9.17) is 5.73 Å². The van der Waals surface area contributed by atoms with Crippen LogP contribution in [0.2, 0.25) is 0 Å². The summed E-state index contributed by atoms with van der Waals surface area (Å²) in [6.07, 6.45) is 1.83. The van der Waals surface area contributed by atoms with Crippen molar-refractivity contribution in [2.24, 2.45) is 10.7 Å². The van der Waals surface area contributed by atoms with E-state index in [2.05, 4.69) is 28.4 Å². The van der Waals surface area contributed by atoms with Gasteiger partial charge in [0.1, 0.15) is 11.5 Å². The summed E-state index contributed by atoms with van der Waals surface area (Å²) in [5, 5.41) is 0. The minimum absolute atomic E-state index is 0.431. The fourth-order valence-electron chi connectivity index (χ4n) is 2.10. The van der Waals surface area contributed by atoms with Gasteiger partial charge in [-0.05, 0) is 12.8 Å². The van der Waals surface area contributed by atoms with E-state index in [1.165, 1.54) is 5.69 Å². The van der Waals surface area contributed by atoms with Crippen LogP contribution in [0.4, 0.5) is 0 Å². The molecule has 0 aliphatic carbocycles. The van der Waals surface area contributed by atoms with Gasteiger partial charge in [-0.3, -0.25) is 9.79 Å². The molecule has 5 nitrogen and oxygen atoms in total. The Morgan fingerprint density at radius 2 is 2.19 bits per heavy atom. The van der Waals surface area contributed by atoms with E-state index in [0.29, 0.717) is 18.8 Å². The molecule has 1 aromatic heterocycles. The van der Waals surface area contributed by atoms with Gasteiger partial charge in [0.05, 0.1) is 18.8 Å². The average Bonchev–Trinajstić information content (AvgIpc) is 2.65. The number of hydrogen-bond donors (Lipinski definition) is 1. The molecule has 1 amide bonds. The molecule has 2 heterocycles. The van der Waals surface area contributed by atoms with E-state index in [9.17, 15) is 4.79 Å². The zero-order chi connectivity index (χ0) is 11.7. The molecule has 1 aliphatic heterocycles. The maximum absolute atomic E-state index is 11.1. The topological polar surface area (TPSA) is 73.3 Å². The Morgan fingerprint density at radius 1 is 1.44 bits per heavy atom. The summed E-state index contributed by atoms with van der Waals surface area (Å²) in [7, 11) is 0. The second-order valence-corrected chi connectivity index (χ2v) is 3.84. The Kier molecular flexibility index (Phi) is 2.77. The van der Waals surface area contributed by atoms with Crippen molar-refractivity contribution in [3.63, 3.8) is 0 Å². The van der Waals surface area contributed by atoms with Crippen LogP contribution in [-0.4, -0.2) is 21.2 Å². The average molecular weight is 220 g/mol. The van der Waals surface area contributed by atoms with Crippen LogP contribution >= 0.6 is 0 Å². The van der Waals surface area contributed by atoms with Crippen LogP contribution in [0.3, 0.4) is 0 Å². The van der Waals surface area contributed by atoms with Crippen LogP contribution in [0, 0.1) is 0 Å². The van der Waals surface area contributed by atoms with Crippen molar-refractivity contribution in [2.45, 2.75) is 39.8 Å². The molecular weight excluding hydrogens is 204 g/mol. The number of primary amides is 1. The highest BCUT2D eigenvalue weighted by Crippen LogP contribution is 2.17. The molecule has 16 heavy (non-hydrogen) atoms. The second-order valence-electron chi connectivity index (χ2n) is 3.84. The number of carbonyl (C=O) groups is 1. The van der Waals surface area contributed by atoms with Crippen LogP contribution in [0.1, 0.15) is 31.1 Å². The Bertz CT molecular complexity index is 459. The molecule has 86 valence electrons. The van der Waals surface area contributed by atoms with Crippen LogP contribution in [-0.2, 0) is 30.7 Å². The molecule has 5 heteroatoms. The van der Waals surface area contributed by atoms with Crippen molar-refractivity contribution in [1.29, 1.82) is 0 Å². The lowest BCUT2D eigenvalue weighted by atomic mass is 10.2. The number of nitrogens with two attached hydrogens (primary N) is 1. The Hall–Kier alpha value is -1.65. The SMILES string of the molecule is CCc1nc2n(c1CC)CC(C(N)=O)=NC2. The summed E-state index contributed by atoms with van der Waals surface area (Å²) < 4.78 is 2.08. The standard InChI is InChI=1S/C11H16N4O/c1-3-7-9(4-2)15-6-8(11(12)16)13-5-10(15)14-7/h3-6H2,1-2H3,(H2,12,16). The lowest BCUT2D eigenvalue weighted by molar-refractivity contribution is -0.112. The van der Waals surface area contributed by atoms with Gasteiger partial charge >= 0.3 is 0 Å². The first kappa shape index (κ1) is 10.9. The zero-order valence-corrected chi connectivity index (χ0v) is 9.66. The van der Waals surface area contributed by atoms with E-state index in [-0.39, 0.29) is 0 Å². The molecule has 0 saturated heterocycles. The lowest BCUT2D eigenvalue weighted by Crippen LogP contribution is -2.31. The van der Waals surface area contributed by atoms with Crippen molar-refractivity contribution in [3.05, 3.63) is 17.2 Å². The van der Waals surface area contributed by atoms with Crippen LogP contribution in [0.5, 0.6) is 0 Å². The van der Waals surface area contributed by atoms with Gasteiger partial charge in [0.25, 0.3) is 5.91 Å². The highest BCUT2D eigenvalue weighted by atomic mass is 16.1. The second kappa shape index (κ2) is 4.08. The molecule has 0 bridgehead atoms. The number of carbonyl (C=O) groups excluding carboxylic acids is 1. The van der Waals surface area contributed by atoms with Crippen LogP contribution in [0.15, 0.2) is 4.99 Å². The zero-order valence-electron chi connectivity index (χ0n) is 9.66. The number of rotatable bonds is 3. The van der Waals surface area contributed by atoms with Crippen molar-refractivity contribution in [2.75, 3.05) is 0 Å². The summed E-state index contributed by atoms with van der Waals surface area (Å²) in [6.45, 7) is 5.12. The first-order chi connectivity index (χ1) is 7.67. The van der Waals surface area contributed by atoms with Crippen molar-refractivity contribution in [1.82, 2.24) is 9.55 Å². The molecule has 1 aromatic rings. The number of imidazole rings is 1. The first-order valence-corrected chi connectivity index (χ1v) is 5.57. The van der Waals surface area contributed by atoms with E-state index in [1.807, 2.05) is 0 Å². The van der Waals surface area contributed by atoms with Crippen LogP contribution in [0.25, 0.3) is 0 Å². The number of aryl methyl sites for hydroxylation is 1. The number of hydrogen-bond acceptors (Lipinski definition) is 3. The number of nitrogens with zero attached hydrogens (tertiary/aromatic N) is 3. The monoisotopic (exact) mass is 220 g/mol. The predicted octanol–water partition coefficient (Wildman–Crippen LogP) is 0.448. The lowest BCUT2D eigenvalue weighted by Gasteiger charge is -2.15. The number of aromatic nitrogens is 2. The Balaban J connectivity index is 2.40. The highest BCUT2D eigenvalue weighted by Gasteiger charge is 2.21.